The maximum Gasteiger partial charge on any atom is 0.317 e. The van der Waals surface area contributed by atoms with Crippen LogP contribution in [0.3, 0.4) is 0 Å². The van der Waals surface area contributed by atoms with Crippen molar-refractivity contribution in [1.82, 2.24) is 0 Å². The van der Waals surface area contributed by atoms with Crippen LogP contribution in [0.2, 0.25) is 0 Å². The molecule has 2 N–H and O–H groups in total. The summed E-state index contributed by atoms with van der Waals surface area (Å²) in [7, 11) is 0. The molecule has 32 heavy (non-hydrogen) atoms. The van der Waals surface area contributed by atoms with E-state index in [9.17, 15) is 24.3 Å². The summed E-state index contributed by atoms with van der Waals surface area (Å²) in [5.74, 6) is -4.00. The number of carboxylic acids is 1. The van der Waals surface area contributed by atoms with Gasteiger partial charge in [-0.25, -0.2) is 0 Å². The zero-order valence-corrected chi connectivity index (χ0v) is 18.5. The Morgan fingerprint density at radius 2 is 1.72 bits per heavy atom. The van der Waals surface area contributed by atoms with Crippen molar-refractivity contribution in [3.63, 3.8) is 0 Å². The Morgan fingerprint density at radius 1 is 1.06 bits per heavy atom. The molecule has 0 amide bonds. The number of carbonyl (C=O) groups is 4. The van der Waals surface area contributed by atoms with Crippen LogP contribution < -0.4 is 0 Å². The van der Waals surface area contributed by atoms with Crippen molar-refractivity contribution in [3.8, 4) is 0 Å². The molecule has 1 aliphatic heterocycles. The lowest BCUT2D eigenvalue weighted by Crippen LogP contribution is -2.50. The number of carboxylic acid groups (broad SMARTS) is 1. The summed E-state index contributed by atoms with van der Waals surface area (Å²) >= 11 is 0. The van der Waals surface area contributed by atoms with Crippen LogP contribution in [0.1, 0.15) is 39.5 Å². The lowest BCUT2D eigenvalue weighted by molar-refractivity contribution is -0.166. The number of carbonyl (C=O) groups excluding carboxylic acids is 3. The first kappa shape index (κ1) is 21.9. The standard InChI is InChI=1S/C24H32O8/c1-9(21(26)27)15(23(29)31-6-5-25)19-13-8-14(18-12-4-3-11(7-12)17(13)18)20(19)16-10(2)22(28)32-24(16)30/h9-20,25H,3-8H2,1-2H3,(H,26,27). The molecule has 4 bridgehead atoms. The third kappa shape index (κ3) is 2.97. The third-order valence-electron chi connectivity index (χ3n) is 9.76. The molecular formula is C24H32O8. The zero-order valence-electron chi connectivity index (χ0n) is 18.5. The average molecular weight is 449 g/mol. The van der Waals surface area contributed by atoms with Gasteiger partial charge >= 0.3 is 23.9 Å². The van der Waals surface area contributed by atoms with Gasteiger partial charge in [-0.15, -0.1) is 0 Å². The Hall–Kier alpha value is -1.96. The Morgan fingerprint density at radius 3 is 2.28 bits per heavy atom. The lowest BCUT2D eigenvalue weighted by atomic mass is 9.55. The van der Waals surface area contributed by atoms with E-state index in [1.807, 2.05) is 0 Å². The number of esters is 3. The maximum atomic E-state index is 13.2. The zero-order chi connectivity index (χ0) is 22.9. The first-order chi connectivity index (χ1) is 15.3. The van der Waals surface area contributed by atoms with Crippen LogP contribution >= 0.6 is 0 Å². The lowest BCUT2D eigenvalue weighted by Gasteiger charge is -2.47. The van der Waals surface area contributed by atoms with E-state index in [0.717, 1.165) is 6.42 Å². The fourth-order valence-corrected chi connectivity index (χ4v) is 8.88. The SMILES string of the molecule is CC(C(=O)O)C(C(=O)OCCO)C1C2CC(C3C4CCC(C4)C23)C1C1C(=O)OC(=O)C1C. The van der Waals surface area contributed by atoms with E-state index in [4.69, 9.17) is 14.6 Å². The number of aliphatic hydroxyl groups excluding tert-OH is 1. The molecule has 0 aromatic rings. The van der Waals surface area contributed by atoms with Crippen molar-refractivity contribution < 1.29 is 38.9 Å². The van der Waals surface area contributed by atoms with Gasteiger partial charge in [-0.05, 0) is 73.0 Å². The summed E-state index contributed by atoms with van der Waals surface area (Å²) in [6, 6.07) is 0. The molecule has 1 saturated heterocycles. The molecule has 12 unspecified atom stereocenters. The first-order valence-corrected chi connectivity index (χ1v) is 12.0. The number of cyclic esters (lactones) is 2. The number of aliphatic hydroxyl groups is 1. The first-order valence-electron chi connectivity index (χ1n) is 12.0. The second-order valence-electron chi connectivity index (χ2n) is 10.8. The highest BCUT2D eigenvalue weighted by Gasteiger charge is 2.70. The number of aliphatic carboxylic acids is 1. The van der Waals surface area contributed by atoms with E-state index in [1.165, 1.54) is 26.2 Å². The molecule has 8 heteroatoms. The van der Waals surface area contributed by atoms with Gasteiger partial charge < -0.3 is 19.7 Å². The van der Waals surface area contributed by atoms with E-state index in [-0.39, 0.29) is 36.9 Å². The molecule has 5 aliphatic rings. The van der Waals surface area contributed by atoms with Crippen LogP contribution in [0, 0.1) is 71.0 Å². The monoisotopic (exact) mass is 448 g/mol. The van der Waals surface area contributed by atoms with Crippen LogP contribution in [0.4, 0.5) is 0 Å². The molecule has 8 nitrogen and oxygen atoms in total. The van der Waals surface area contributed by atoms with Crippen LogP contribution in [-0.2, 0) is 28.7 Å². The van der Waals surface area contributed by atoms with Gasteiger partial charge in [-0.1, -0.05) is 13.8 Å². The van der Waals surface area contributed by atoms with E-state index in [0.29, 0.717) is 23.7 Å². The predicted molar refractivity (Wildman–Crippen MR) is 108 cm³/mol. The van der Waals surface area contributed by atoms with Gasteiger partial charge in [-0.2, -0.15) is 0 Å². The summed E-state index contributed by atoms with van der Waals surface area (Å²) in [6.07, 6.45) is 4.43. The fraction of sp³-hybridized carbons (Fsp3) is 0.833. The average Bonchev–Trinajstić information content (AvgIpc) is 3.54. The number of hydrogen-bond acceptors (Lipinski definition) is 7. The number of hydrogen-bond donors (Lipinski definition) is 2. The highest BCUT2D eigenvalue weighted by atomic mass is 16.6. The molecular weight excluding hydrogens is 416 g/mol. The van der Waals surface area contributed by atoms with Crippen molar-refractivity contribution in [2.24, 2.45) is 71.0 Å². The smallest absolute Gasteiger partial charge is 0.317 e. The maximum absolute atomic E-state index is 13.2. The van der Waals surface area contributed by atoms with Crippen molar-refractivity contribution >= 4 is 23.9 Å². The van der Waals surface area contributed by atoms with Gasteiger partial charge in [0.2, 0.25) is 0 Å². The molecule has 176 valence electrons. The molecule has 5 fully saturated rings. The highest BCUT2D eigenvalue weighted by Crippen LogP contribution is 2.73. The number of fused-ring (bicyclic) bond motifs is 9. The second-order valence-corrected chi connectivity index (χ2v) is 10.8. The molecule has 0 radical (unpaired) electrons. The molecule has 12 atom stereocenters. The van der Waals surface area contributed by atoms with E-state index < -0.39 is 47.5 Å². The summed E-state index contributed by atoms with van der Waals surface area (Å²) in [6.45, 7) is 2.70. The van der Waals surface area contributed by atoms with Crippen LogP contribution in [0.15, 0.2) is 0 Å². The summed E-state index contributed by atoms with van der Waals surface area (Å²) in [5, 5.41) is 19.0. The Kier molecular flexibility index (Phi) is 5.34. The third-order valence-corrected chi connectivity index (χ3v) is 9.76. The van der Waals surface area contributed by atoms with Gasteiger partial charge in [-0.3, -0.25) is 19.2 Å². The Balaban J connectivity index is 1.56. The number of ether oxygens (including phenoxy) is 2. The quantitative estimate of drug-likeness (QED) is 0.343. The van der Waals surface area contributed by atoms with Crippen molar-refractivity contribution in [1.29, 1.82) is 0 Å². The highest BCUT2D eigenvalue weighted by molar-refractivity contribution is 5.96. The molecule has 0 aromatic carbocycles. The Labute approximate surface area is 187 Å². The molecule has 0 spiro atoms. The summed E-state index contributed by atoms with van der Waals surface area (Å²) < 4.78 is 10.3. The van der Waals surface area contributed by atoms with Crippen LogP contribution in [0.5, 0.6) is 0 Å². The van der Waals surface area contributed by atoms with Crippen LogP contribution in [-0.4, -0.2) is 47.3 Å². The van der Waals surface area contributed by atoms with E-state index >= 15 is 0 Å². The van der Waals surface area contributed by atoms with Gasteiger partial charge in [0.05, 0.1) is 30.3 Å². The minimum absolute atomic E-state index is 0.148. The normalized spacial score (nSPS) is 45.6. The van der Waals surface area contributed by atoms with Gasteiger partial charge in [0.15, 0.2) is 0 Å². The van der Waals surface area contributed by atoms with Crippen LogP contribution in [0.25, 0.3) is 0 Å². The topological polar surface area (TPSA) is 127 Å². The van der Waals surface area contributed by atoms with Crippen molar-refractivity contribution in [3.05, 3.63) is 0 Å². The van der Waals surface area contributed by atoms with E-state index in [1.54, 1.807) is 6.92 Å². The summed E-state index contributed by atoms with van der Waals surface area (Å²) in [4.78, 5) is 50.3. The predicted octanol–water partition coefficient (Wildman–Crippen LogP) is 1.74. The Bertz CT molecular complexity index is 838. The van der Waals surface area contributed by atoms with Gasteiger partial charge in [0.1, 0.15) is 6.61 Å². The second kappa shape index (κ2) is 7.82. The van der Waals surface area contributed by atoms with Gasteiger partial charge in [0.25, 0.3) is 0 Å². The minimum Gasteiger partial charge on any atom is -0.481 e. The van der Waals surface area contributed by atoms with E-state index in [2.05, 4.69) is 0 Å². The molecule has 4 saturated carbocycles. The molecule has 5 rings (SSSR count). The minimum atomic E-state index is -1.08. The van der Waals surface area contributed by atoms with Crippen molar-refractivity contribution in [2.45, 2.75) is 39.5 Å². The summed E-state index contributed by atoms with van der Waals surface area (Å²) in [5.41, 5.74) is 0. The fourth-order valence-electron chi connectivity index (χ4n) is 8.88. The largest absolute Gasteiger partial charge is 0.481 e. The van der Waals surface area contributed by atoms with Crippen molar-refractivity contribution in [2.75, 3.05) is 13.2 Å². The van der Waals surface area contributed by atoms with Gasteiger partial charge in [0, 0.05) is 0 Å². The molecule has 4 aliphatic carbocycles. The molecule has 0 aromatic heterocycles. The molecule has 1 heterocycles. The number of rotatable bonds is 7.